The van der Waals surface area contributed by atoms with Crippen molar-refractivity contribution in [2.45, 2.75) is 12.8 Å². The van der Waals surface area contributed by atoms with Crippen LogP contribution in [0.15, 0.2) is 60.9 Å². The first kappa shape index (κ1) is 14.9. The van der Waals surface area contributed by atoms with Gasteiger partial charge in [0.1, 0.15) is 6.33 Å². The Labute approximate surface area is 134 Å². The summed E-state index contributed by atoms with van der Waals surface area (Å²) in [6, 6.07) is 17.3. The second-order valence-corrected chi connectivity index (χ2v) is 5.33. The molecule has 0 spiro atoms. The van der Waals surface area contributed by atoms with Crippen LogP contribution in [0, 0.1) is 0 Å². The van der Waals surface area contributed by atoms with E-state index in [1.165, 1.54) is 16.6 Å². The molecule has 116 valence electrons. The molecular weight excluding hydrogens is 290 g/mol. The predicted octanol–water partition coefficient (Wildman–Crippen LogP) is 2.20. The Morgan fingerprint density at radius 3 is 2.74 bits per heavy atom. The van der Waals surface area contributed by atoms with E-state index in [1.54, 1.807) is 12.1 Å². The van der Waals surface area contributed by atoms with Crippen molar-refractivity contribution < 1.29 is 4.79 Å². The maximum Gasteiger partial charge on any atom is 0.251 e. The van der Waals surface area contributed by atoms with E-state index in [1.807, 2.05) is 30.3 Å². The number of hydrogen-bond acceptors (Lipinski definition) is 4. The van der Waals surface area contributed by atoms with Gasteiger partial charge in [-0.15, -0.1) is 5.10 Å². The number of amides is 1. The maximum absolute atomic E-state index is 12.3. The van der Waals surface area contributed by atoms with Crippen LogP contribution in [0.2, 0.25) is 0 Å². The van der Waals surface area contributed by atoms with Crippen molar-refractivity contribution in [2.75, 3.05) is 6.54 Å². The molecule has 1 amide bonds. The Morgan fingerprint density at radius 2 is 2.00 bits per heavy atom. The molecule has 6 heteroatoms. The maximum atomic E-state index is 12.3. The van der Waals surface area contributed by atoms with Gasteiger partial charge in [0.2, 0.25) is 0 Å². The van der Waals surface area contributed by atoms with Crippen LogP contribution in [0.5, 0.6) is 0 Å². The van der Waals surface area contributed by atoms with E-state index in [-0.39, 0.29) is 11.8 Å². The minimum Gasteiger partial charge on any atom is -0.351 e. The average Bonchev–Trinajstić information content (AvgIpc) is 3.15. The Bertz CT molecular complexity index is 771. The number of rotatable bonds is 5. The van der Waals surface area contributed by atoms with Gasteiger partial charge in [-0.2, -0.15) is 0 Å². The van der Waals surface area contributed by atoms with Crippen molar-refractivity contribution in [3.63, 3.8) is 0 Å². The lowest BCUT2D eigenvalue weighted by Crippen LogP contribution is -2.27. The van der Waals surface area contributed by atoms with Crippen molar-refractivity contribution in [1.29, 1.82) is 0 Å². The average molecular weight is 307 g/mol. The molecule has 0 fully saturated rings. The summed E-state index contributed by atoms with van der Waals surface area (Å²) < 4.78 is 1.52. The molecule has 1 heterocycles. The fourth-order valence-corrected chi connectivity index (χ4v) is 2.32. The Balaban J connectivity index is 1.66. The Morgan fingerprint density at radius 1 is 1.17 bits per heavy atom. The van der Waals surface area contributed by atoms with Gasteiger partial charge in [-0.05, 0) is 40.1 Å². The number of nitrogens with zero attached hydrogens (tertiary/aromatic N) is 4. The smallest absolute Gasteiger partial charge is 0.251 e. The van der Waals surface area contributed by atoms with Crippen LogP contribution in [0.25, 0.3) is 5.69 Å². The lowest BCUT2D eigenvalue weighted by molar-refractivity contribution is 0.0951. The first-order chi connectivity index (χ1) is 11.2. The summed E-state index contributed by atoms with van der Waals surface area (Å²) in [4.78, 5) is 12.3. The predicted molar refractivity (Wildman–Crippen MR) is 86.3 cm³/mol. The molecule has 0 aliphatic rings. The topological polar surface area (TPSA) is 72.7 Å². The van der Waals surface area contributed by atoms with E-state index in [2.05, 4.69) is 39.9 Å². The summed E-state index contributed by atoms with van der Waals surface area (Å²) in [6.45, 7) is 2.67. The highest BCUT2D eigenvalue weighted by atomic mass is 16.1. The lowest BCUT2D eigenvalue weighted by atomic mass is 10.0. The number of aromatic nitrogens is 4. The summed E-state index contributed by atoms with van der Waals surface area (Å²) in [6.07, 6.45) is 1.49. The van der Waals surface area contributed by atoms with Crippen molar-refractivity contribution in [2.24, 2.45) is 0 Å². The van der Waals surface area contributed by atoms with Crippen molar-refractivity contribution in [3.05, 3.63) is 72.1 Å². The molecule has 0 aliphatic carbocycles. The quantitative estimate of drug-likeness (QED) is 0.784. The normalized spacial score (nSPS) is 11.9. The number of carbonyl (C=O) groups is 1. The highest BCUT2D eigenvalue weighted by Crippen LogP contribution is 2.14. The summed E-state index contributed by atoms with van der Waals surface area (Å²) in [7, 11) is 0. The first-order valence-electron chi connectivity index (χ1n) is 7.40. The molecule has 1 atom stereocenters. The molecule has 1 N–H and O–H groups in total. The van der Waals surface area contributed by atoms with E-state index in [0.29, 0.717) is 12.1 Å². The molecule has 1 aromatic heterocycles. The zero-order valence-electron chi connectivity index (χ0n) is 12.8. The van der Waals surface area contributed by atoms with E-state index in [9.17, 15) is 4.79 Å². The summed E-state index contributed by atoms with van der Waals surface area (Å²) in [5, 5.41) is 14.0. The van der Waals surface area contributed by atoms with E-state index >= 15 is 0 Å². The third-order valence-corrected chi connectivity index (χ3v) is 3.66. The molecule has 0 aliphatic heterocycles. The fourth-order valence-electron chi connectivity index (χ4n) is 2.32. The van der Waals surface area contributed by atoms with Crippen LogP contribution in [-0.2, 0) is 0 Å². The van der Waals surface area contributed by atoms with E-state index in [0.717, 1.165) is 5.69 Å². The van der Waals surface area contributed by atoms with Crippen LogP contribution < -0.4 is 5.32 Å². The van der Waals surface area contributed by atoms with Gasteiger partial charge < -0.3 is 5.32 Å². The lowest BCUT2D eigenvalue weighted by Gasteiger charge is -2.13. The zero-order chi connectivity index (χ0) is 16.1. The van der Waals surface area contributed by atoms with Crippen LogP contribution in [0.4, 0.5) is 0 Å². The summed E-state index contributed by atoms with van der Waals surface area (Å²) in [5.74, 6) is 0.144. The van der Waals surface area contributed by atoms with Gasteiger partial charge in [0, 0.05) is 12.1 Å². The second-order valence-electron chi connectivity index (χ2n) is 5.33. The second kappa shape index (κ2) is 6.83. The van der Waals surface area contributed by atoms with Gasteiger partial charge in [-0.1, -0.05) is 43.3 Å². The van der Waals surface area contributed by atoms with Crippen molar-refractivity contribution >= 4 is 5.91 Å². The third-order valence-electron chi connectivity index (χ3n) is 3.66. The molecule has 0 saturated heterocycles. The summed E-state index contributed by atoms with van der Waals surface area (Å²) >= 11 is 0. The Hall–Kier alpha value is -3.02. The SMILES string of the molecule is CC(CNC(=O)c1cccc(-n2cnnn2)c1)c1ccccc1. The molecule has 23 heavy (non-hydrogen) atoms. The van der Waals surface area contributed by atoms with Crippen molar-refractivity contribution in [3.8, 4) is 5.69 Å². The highest BCUT2D eigenvalue weighted by molar-refractivity contribution is 5.94. The van der Waals surface area contributed by atoms with Crippen molar-refractivity contribution in [1.82, 2.24) is 25.5 Å². The number of carbonyl (C=O) groups excluding carboxylic acids is 1. The summed E-state index contributed by atoms with van der Waals surface area (Å²) in [5.41, 5.74) is 2.53. The zero-order valence-corrected chi connectivity index (χ0v) is 12.8. The molecule has 1 unspecified atom stereocenters. The molecule has 0 bridgehead atoms. The highest BCUT2D eigenvalue weighted by Gasteiger charge is 2.10. The minimum absolute atomic E-state index is 0.109. The molecular formula is C17H17N5O. The number of hydrogen-bond donors (Lipinski definition) is 1. The van der Waals surface area contributed by atoms with Gasteiger partial charge in [-0.25, -0.2) is 4.68 Å². The number of benzene rings is 2. The molecule has 3 aromatic rings. The van der Waals surface area contributed by atoms with Gasteiger partial charge in [0.15, 0.2) is 0 Å². The van der Waals surface area contributed by atoms with E-state index in [4.69, 9.17) is 0 Å². The van der Waals surface area contributed by atoms with Crippen LogP contribution in [0.1, 0.15) is 28.8 Å². The third kappa shape index (κ3) is 3.60. The number of tetrazole rings is 1. The molecule has 0 radical (unpaired) electrons. The van der Waals surface area contributed by atoms with Gasteiger partial charge >= 0.3 is 0 Å². The largest absolute Gasteiger partial charge is 0.351 e. The standard InChI is InChI=1S/C17H17N5O/c1-13(14-6-3-2-4-7-14)11-18-17(23)15-8-5-9-16(10-15)22-12-19-20-21-22/h2-10,12-13H,11H2,1H3,(H,18,23). The molecule has 0 saturated carbocycles. The molecule has 6 nitrogen and oxygen atoms in total. The molecule has 2 aromatic carbocycles. The van der Waals surface area contributed by atoms with E-state index < -0.39 is 0 Å². The van der Waals surface area contributed by atoms with Crippen LogP contribution in [0.3, 0.4) is 0 Å². The first-order valence-corrected chi connectivity index (χ1v) is 7.40. The van der Waals surface area contributed by atoms with Crippen LogP contribution >= 0.6 is 0 Å². The van der Waals surface area contributed by atoms with Crippen LogP contribution in [-0.4, -0.2) is 32.7 Å². The van der Waals surface area contributed by atoms with Gasteiger partial charge in [-0.3, -0.25) is 4.79 Å². The van der Waals surface area contributed by atoms with Gasteiger partial charge in [0.25, 0.3) is 5.91 Å². The minimum atomic E-state index is -0.109. The Kier molecular flexibility index (Phi) is 4.42. The monoisotopic (exact) mass is 307 g/mol. The fraction of sp³-hybridized carbons (Fsp3) is 0.176. The number of nitrogens with one attached hydrogen (secondary N) is 1. The molecule has 3 rings (SSSR count). The van der Waals surface area contributed by atoms with Gasteiger partial charge in [0.05, 0.1) is 5.69 Å².